The molecule has 0 radical (unpaired) electrons. The molecular formula is C18H19ClFN3S. The van der Waals surface area contributed by atoms with E-state index in [0.717, 1.165) is 53.1 Å². The van der Waals surface area contributed by atoms with Crippen molar-refractivity contribution >= 4 is 39.0 Å². The van der Waals surface area contributed by atoms with Gasteiger partial charge in [0.2, 0.25) is 5.28 Å². The molecule has 0 atom stereocenters. The molecule has 3 rings (SSSR count). The lowest BCUT2D eigenvalue weighted by Gasteiger charge is -2.23. The Labute approximate surface area is 150 Å². The molecule has 3 nitrogen and oxygen atoms in total. The molecule has 2 aromatic heterocycles. The number of aromatic nitrogens is 2. The highest BCUT2D eigenvalue weighted by Crippen LogP contribution is 2.39. The highest BCUT2D eigenvalue weighted by molar-refractivity contribution is 7.17. The molecule has 0 unspecified atom stereocenters. The standard InChI is InChI=1S/C18H19ClFN3S/c1-3-5-10-23(4-2)16-15-14(12-6-8-13(20)9-7-12)11-24-17(15)22-18(19)21-16/h6-9,11H,3-5,10H2,1-2H3. The summed E-state index contributed by atoms with van der Waals surface area (Å²) in [5.41, 5.74) is 1.98. The van der Waals surface area contributed by atoms with Crippen LogP contribution in [-0.4, -0.2) is 23.1 Å². The fourth-order valence-corrected chi connectivity index (χ4v) is 3.89. The third-order valence-corrected chi connectivity index (χ3v) is 5.05. The first-order valence-electron chi connectivity index (χ1n) is 8.09. The van der Waals surface area contributed by atoms with Gasteiger partial charge in [0.15, 0.2) is 0 Å². The van der Waals surface area contributed by atoms with Crippen LogP contribution in [0.25, 0.3) is 21.3 Å². The highest BCUT2D eigenvalue weighted by atomic mass is 35.5. The number of benzene rings is 1. The fraction of sp³-hybridized carbons (Fsp3) is 0.333. The van der Waals surface area contributed by atoms with Crippen LogP contribution in [-0.2, 0) is 0 Å². The number of anilines is 1. The molecule has 24 heavy (non-hydrogen) atoms. The van der Waals surface area contributed by atoms with Crippen molar-refractivity contribution in [2.24, 2.45) is 0 Å². The Hall–Kier alpha value is -1.72. The molecule has 0 saturated carbocycles. The summed E-state index contributed by atoms with van der Waals surface area (Å²) < 4.78 is 13.2. The van der Waals surface area contributed by atoms with E-state index in [9.17, 15) is 4.39 Å². The van der Waals surface area contributed by atoms with Crippen molar-refractivity contribution in [3.63, 3.8) is 0 Å². The Morgan fingerprint density at radius 1 is 1.17 bits per heavy atom. The number of hydrogen-bond acceptors (Lipinski definition) is 4. The molecule has 126 valence electrons. The van der Waals surface area contributed by atoms with Gasteiger partial charge < -0.3 is 4.90 Å². The first kappa shape index (κ1) is 17.1. The Morgan fingerprint density at radius 3 is 2.58 bits per heavy atom. The van der Waals surface area contributed by atoms with E-state index < -0.39 is 0 Å². The van der Waals surface area contributed by atoms with Crippen LogP contribution in [0.4, 0.5) is 10.2 Å². The van der Waals surface area contributed by atoms with Crippen molar-refractivity contribution in [1.29, 1.82) is 0 Å². The number of rotatable bonds is 6. The summed E-state index contributed by atoms with van der Waals surface area (Å²) >= 11 is 7.68. The van der Waals surface area contributed by atoms with E-state index in [1.807, 2.05) is 5.38 Å². The summed E-state index contributed by atoms with van der Waals surface area (Å²) in [6.07, 6.45) is 2.21. The average molecular weight is 364 g/mol. The van der Waals surface area contributed by atoms with Gasteiger partial charge in [-0.1, -0.05) is 25.5 Å². The highest BCUT2D eigenvalue weighted by Gasteiger charge is 2.18. The van der Waals surface area contributed by atoms with Crippen molar-refractivity contribution < 1.29 is 4.39 Å². The quantitative estimate of drug-likeness (QED) is 0.520. The Kier molecular flexibility index (Phi) is 5.31. The fourth-order valence-electron chi connectivity index (χ4n) is 2.73. The number of hydrogen-bond donors (Lipinski definition) is 0. The first-order chi connectivity index (χ1) is 11.6. The van der Waals surface area contributed by atoms with Gasteiger partial charge in [0.25, 0.3) is 0 Å². The van der Waals surface area contributed by atoms with Gasteiger partial charge in [0.05, 0.1) is 5.39 Å². The number of halogens is 2. The zero-order valence-electron chi connectivity index (χ0n) is 13.7. The third-order valence-electron chi connectivity index (χ3n) is 4.01. The second kappa shape index (κ2) is 7.45. The molecule has 0 bridgehead atoms. The van der Waals surface area contributed by atoms with Gasteiger partial charge in [-0.3, -0.25) is 0 Å². The normalized spacial score (nSPS) is 11.2. The van der Waals surface area contributed by atoms with Gasteiger partial charge in [-0.05, 0) is 42.6 Å². The lowest BCUT2D eigenvalue weighted by Crippen LogP contribution is -2.25. The molecule has 0 aliphatic rings. The van der Waals surface area contributed by atoms with Crippen LogP contribution in [0.1, 0.15) is 26.7 Å². The van der Waals surface area contributed by atoms with Gasteiger partial charge in [-0.2, -0.15) is 4.98 Å². The maximum absolute atomic E-state index is 13.2. The number of nitrogens with zero attached hydrogens (tertiary/aromatic N) is 3. The van der Waals surface area contributed by atoms with Crippen LogP contribution in [0.5, 0.6) is 0 Å². The lowest BCUT2D eigenvalue weighted by molar-refractivity contribution is 0.628. The molecule has 2 heterocycles. The Balaban J connectivity index is 2.16. The van der Waals surface area contributed by atoms with Crippen LogP contribution >= 0.6 is 22.9 Å². The van der Waals surface area contributed by atoms with E-state index in [0.29, 0.717) is 0 Å². The first-order valence-corrected chi connectivity index (χ1v) is 9.35. The van der Waals surface area contributed by atoms with Crippen molar-refractivity contribution in [3.05, 3.63) is 40.7 Å². The maximum atomic E-state index is 13.2. The molecule has 0 aliphatic heterocycles. The van der Waals surface area contributed by atoms with Crippen molar-refractivity contribution in [2.45, 2.75) is 26.7 Å². The van der Waals surface area contributed by atoms with Gasteiger partial charge in [-0.15, -0.1) is 11.3 Å². The molecule has 0 aliphatic carbocycles. The summed E-state index contributed by atoms with van der Waals surface area (Å²) in [6.45, 7) is 6.06. The van der Waals surface area contributed by atoms with E-state index in [1.54, 1.807) is 12.1 Å². The smallest absolute Gasteiger partial charge is 0.225 e. The monoisotopic (exact) mass is 363 g/mol. The topological polar surface area (TPSA) is 29.0 Å². The van der Waals surface area contributed by atoms with E-state index >= 15 is 0 Å². The Morgan fingerprint density at radius 2 is 1.92 bits per heavy atom. The number of unbranched alkanes of at least 4 members (excludes halogenated alkanes) is 1. The number of thiophene rings is 1. The summed E-state index contributed by atoms with van der Waals surface area (Å²) in [4.78, 5) is 12.0. The summed E-state index contributed by atoms with van der Waals surface area (Å²) in [5, 5.41) is 3.30. The van der Waals surface area contributed by atoms with Crippen molar-refractivity contribution in [1.82, 2.24) is 9.97 Å². The van der Waals surface area contributed by atoms with Gasteiger partial charge in [0.1, 0.15) is 16.5 Å². The van der Waals surface area contributed by atoms with Crippen LogP contribution in [0.3, 0.4) is 0 Å². The predicted octanol–water partition coefficient (Wildman–Crippen LogP) is 5.78. The maximum Gasteiger partial charge on any atom is 0.225 e. The van der Waals surface area contributed by atoms with Crippen molar-refractivity contribution in [3.8, 4) is 11.1 Å². The summed E-state index contributed by atoms with van der Waals surface area (Å²) in [6, 6.07) is 6.53. The summed E-state index contributed by atoms with van der Waals surface area (Å²) in [5.74, 6) is 0.623. The third kappa shape index (κ3) is 3.37. The molecule has 0 N–H and O–H groups in total. The number of fused-ring (bicyclic) bond motifs is 1. The molecule has 6 heteroatoms. The van der Waals surface area contributed by atoms with Gasteiger partial charge >= 0.3 is 0 Å². The second-order valence-electron chi connectivity index (χ2n) is 5.59. The van der Waals surface area contributed by atoms with Crippen molar-refractivity contribution in [2.75, 3.05) is 18.0 Å². The average Bonchev–Trinajstić information content (AvgIpc) is 2.99. The minimum Gasteiger partial charge on any atom is -0.356 e. The molecule has 3 aromatic rings. The predicted molar refractivity (Wildman–Crippen MR) is 101 cm³/mol. The van der Waals surface area contributed by atoms with E-state index in [4.69, 9.17) is 11.6 Å². The van der Waals surface area contributed by atoms with Crippen LogP contribution < -0.4 is 4.90 Å². The van der Waals surface area contributed by atoms with Gasteiger partial charge in [-0.25, -0.2) is 9.37 Å². The van der Waals surface area contributed by atoms with Crippen LogP contribution in [0.2, 0.25) is 5.28 Å². The van der Waals surface area contributed by atoms with E-state index in [1.165, 1.54) is 23.5 Å². The zero-order chi connectivity index (χ0) is 17.1. The molecule has 0 spiro atoms. The molecular weight excluding hydrogens is 345 g/mol. The molecule has 1 aromatic carbocycles. The molecule has 0 saturated heterocycles. The Bertz CT molecular complexity index is 832. The van der Waals surface area contributed by atoms with Crippen LogP contribution in [0.15, 0.2) is 29.6 Å². The van der Waals surface area contributed by atoms with Gasteiger partial charge in [0, 0.05) is 24.0 Å². The second-order valence-corrected chi connectivity index (χ2v) is 6.78. The van der Waals surface area contributed by atoms with Crippen LogP contribution in [0, 0.1) is 5.82 Å². The summed E-state index contributed by atoms with van der Waals surface area (Å²) in [7, 11) is 0. The van der Waals surface area contributed by atoms with E-state index in [-0.39, 0.29) is 11.1 Å². The molecule has 0 amide bonds. The minimum absolute atomic E-state index is 0.240. The zero-order valence-corrected chi connectivity index (χ0v) is 15.3. The minimum atomic E-state index is -0.240. The lowest BCUT2D eigenvalue weighted by atomic mass is 10.1. The largest absolute Gasteiger partial charge is 0.356 e. The SMILES string of the molecule is CCCCN(CC)c1nc(Cl)nc2scc(-c3ccc(F)cc3)c12. The molecule has 0 fully saturated rings. The van der Waals surface area contributed by atoms with E-state index in [2.05, 4.69) is 28.7 Å².